The van der Waals surface area contributed by atoms with Crippen molar-refractivity contribution in [3.8, 4) is 5.75 Å². The first-order valence-corrected chi connectivity index (χ1v) is 7.95. The number of piperidine rings is 1. The molecule has 1 N–H and O–H groups in total. The fourth-order valence-electron chi connectivity index (χ4n) is 3.14. The lowest BCUT2D eigenvalue weighted by molar-refractivity contribution is 0.232. The molecule has 2 aliphatic heterocycles. The standard InChI is InChI=1S/C15H21BrN2O/c16-13-3-5-14(6-4-13)19-9-8-18-10-12-2-1-7-17-15(12)11-18/h3-6,12,15,17H,1-2,7-11H2. The largest absolute Gasteiger partial charge is 0.492 e. The second-order valence-electron chi connectivity index (χ2n) is 5.52. The first-order chi connectivity index (χ1) is 9.31. The van der Waals surface area contributed by atoms with Gasteiger partial charge < -0.3 is 10.1 Å². The molecule has 0 spiro atoms. The quantitative estimate of drug-likeness (QED) is 0.921. The van der Waals surface area contributed by atoms with Gasteiger partial charge in [-0.1, -0.05) is 15.9 Å². The number of hydrogen-bond donors (Lipinski definition) is 1. The molecular formula is C15H21BrN2O. The minimum atomic E-state index is 0.724. The Morgan fingerprint density at radius 2 is 2.11 bits per heavy atom. The van der Waals surface area contributed by atoms with Gasteiger partial charge in [0.15, 0.2) is 0 Å². The van der Waals surface area contributed by atoms with E-state index in [0.29, 0.717) is 0 Å². The Hall–Kier alpha value is -0.580. The van der Waals surface area contributed by atoms with E-state index in [0.717, 1.165) is 35.3 Å². The molecule has 0 radical (unpaired) electrons. The number of hydrogen-bond acceptors (Lipinski definition) is 3. The van der Waals surface area contributed by atoms with Gasteiger partial charge in [-0.2, -0.15) is 0 Å². The van der Waals surface area contributed by atoms with E-state index in [4.69, 9.17) is 4.74 Å². The zero-order valence-electron chi connectivity index (χ0n) is 11.1. The molecule has 0 amide bonds. The van der Waals surface area contributed by atoms with Crippen LogP contribution in [0.1, 0.15) is 12.8 Å². The first kappa shape index (κ1) is 13.4. The van der Waals surface area contributed by atoms with Crippen LogP contribution in [0.3, 0.4) is 0 Å². The molecule has 2 atom stereocenters. The SMILES string of the molecule is Brc1ccc(OCCN2CC3CCCNC3C2)cc1. The number of fused-ring (bicyclic) bond motifs is 1. The molecule has 2 heterocycles. The van der Waals surface area contributed by atoms with E-state index in [2.05, 4.69) is 26.1 Å². The number of halogens is 1. The van der Waals surface area contributed by atoms with Gasteiger partial charge in [-0.3, -0.25) is 4.90 Å². The average Bonchev–Trinajstić information content (AvgIpc) is 2.83. The van der Waals surface area contributed by atoms with Crippen LogP contribution >= 0.6 is 15.9 Å². The van der Waals surface area contributed by atoms with Crippen molar-refractivity contribution in [1.82, 2.24) is 10.2 Å². The predicted molar refractivity (Wildman–Crippen MR) is 80.6 cm³/mol. The third-order valence-electron chi connectivity index (χ3n) is 4.16. The minimum Gasteiger partial charge on any atom is -0.492 e. The Morgan fingerprint density at radius 3 is 2.89 bits per heavy atom. The molecule has 0 aliphatic carbocycles. The second kappa shape index (κ2) is 6.25. The van der Waals surface area contributed by atoms with Crippen molar-refractivity contribution in [2.24, 2.45) is 5.92 Å². The average molecular weight is 325 g/mol. The molecule has 2 fully saturated rings. The van der Waals surface area contributed by atoms with E-state index < -0.39 is 0 Å². The minimum absolute atomic E-state index is 0.724. The Labute approximate surface area is 123 Å². The monoisotopic (exact) mass is 324 g/mol. The van der Waals surface area contributed by atoms with Gasteiger partial charge >= 0.3 is 0 Å². The lowest BCUT2D eigenvalue weighted by Gasteiger charge is -2.24. The molecule has 0 aromatic heterocycles. The van der Waals surface area contributed by atoms with Crippen molar-refractivity contribution in [2.45, 2.75) is 18.9 Å². The van der Waals surface area contributed by atoms with E-state index in [9.17, 15) is 0 Å². The van der Waals surface area contributed by atoms with Crippen molar-refractivity contribution in [3.05, 3.63) is 28.7 Å². The van der Waals surface area contributed by atoms with Gasteiger partial charge in [0.1, 0.15) is 12.4 Å². The van der Waals surface area contributed by atoms with Crippen molar-refractivity contribution in [3.63, 3.8) is 0 Å². The first-order valence-electron chi connectivity index (χ1n) is 7.15. The van der Waals surface area contributed by atoms with Gasteiger partial charge in [0.2, 0.25) is 0 Å². The highest BCUT2D eigenvalue weighted by Gasteiger charge is 2.33. The summed E-state index contributed by atoms with van der Waals surface area (Å²) in [7, 11) is 0. The van der Waals surface area contributed by atoms with Gasteiger partial charge in [0.25, 0.3) is 0 Å². The fraction of sp³-hybridized carbons (Fsp3) is 0.600. The molecule has 2 unspecified atom stereocenters. The number of rotatable bonds is 4. The molecule has 0 saturated carbocycles. The highest BCUT2D eigenvalue weighted by Crippen LogP contribution is 2.24. The van der Waals surface area contributed by atoms with E-state index >= 15 is 0 Å². The maximum absolute atomic E-state index is 5.79. The Morgan fingerprint density at radius 1 is 1.26 bits per heavy atom. The molecule has 3 nitrogen and oxygen atoms in total. The summed E-state index contributed by atoms with van der Waals surface area (Å²) in [5.41, 5.74) is 0. The third-order valence-corrected chi connectivity index (χ3v) is 4.69. The van der Waals surface area contributed by atoms with Crippen LogP contribution in [0.5, 0.6) is 5.75 Å². The predicted octanol–water partition coefficient (Wildman–Crippen LogP) is 2.51. The van der Waals surface area contributed by atoms with Crippen LogP contribution in [0.4, 0.5) is 0 Å². The van der Waals surface area contributed by atoms with Gasteiger partial charge in [0, 0.05) is 30.1 Å². The van der Waals surface area contributed by atoms with E-state index in [1.807, 2.05) is 24.3 Å². The van der Waals surface area contributed by atoms with Crippen LogP contribution < -0.4 is 10.1 Å². The summed E-state index contributed by atoms with van der Waals surface area (Å²) < 4.78 is 6.89. The topological polar surface area (TPSA) is 24.5 Å². The Balaban J connectivity index is 1.42. The summed E-state index contributed by atoms with van der Waals surface area (Å²) in [6, 6.07) is 8.78. The summed E-state index contributed by atoms with van der Waals surface area (Å²) in [6.07, 6.45) is 2.73. The molecule has 0 bridgehead atoms. The third kappa shape index (κ3) is 3.50. The number of nitrogens with zero attached hydrogens (tertiary/aromatic N) is 1. The van der Waals surface area contributed by atoms with Crippen LogP contribution in [0, 0.1) is 5.92 Å². The van der Waals surface area contributed by atoms with Gasteiger partial charge in [-0.05, 0) is 49.6 Å². The second-order valence-corrected chi connectivity index (χ2v) is 6.44. The molecule has 4 heteroatoms. The molecule has 1 aromatic rings. The summed E-state index contributed by atoms with van der Waals surface area (Å²) in [5.74, 6) is 1.82. The maximum atomic E-state index is 5.79. The zero-order chi connectivity index (χ0) is 13.1. The van der Waals surface area contributed by atoms with Gasteiger partial charge in [-0.15, -0.1) is 0 Å². The van der Waals surface area contributed by atoms with Crippen LogP contribution in [0.25, 0.3) is 0 Å². The van der Waals surface area contributed by atoms with Crippen molar-refractivity contribution < 1.29 is 4.74 Å². The maximum Gasteiger partial charge on any atom is 0.119 e. The van der Waals surface area contributed by atoms with Crippen LogP contribution in [0.2, 0.25) is 0 Å². The summed E-state index contributed by atoms with van der Waals surface area (Å²) >= 11 is 3.43. The Bertz CT molecular complexity index is 395. The Kier molecular flexibility index (Phi) is 4.41. The molecule has 19 heavy (non-hydrogen) atoms. The summed E-state index contributed by atoms with van der Waals surface area (Å²) in [5, 5.41) is 3.64. The molecule has 2 aliphatic rings. The van der Waals surface area contributed by atoms with Crippen molar-refractivity contribution >= 4 is 15.9 Å². The number of likely N-dealkylation sites (tertiary alicyclic amines) is 1. The van der Waals surface area contributed by atoms with E-state index in [1.165, 1.54) is 32.5 Å². The molecule has 104 valence electrons. The van der Waals surface area contributed by atoms with Gasteiger partial charge in [-0.25, -0.2) is 0 Å². The lowest BCUT2D eigenvalue weighted by Crippen LogP contribution is -2.40. The van der Waals surface area contributed by atoms with Crippen LogP contribution in [0.15, 0.2) is 28.7 Å². The molecule has 3 rings (SSSR count). The highest BCUT2D eigenvalue weighted by atomic mass is 79.9. The zero-order valence-corrected chi connectivity index (χ0v) is 12.7. The fourth-order valence-corrected chi connectivity index (χ4v) is 3.41. The molecular weight excluding hydrogens is 304 g/mol. The normalized spacial score (nSPS) is 27.2. The van der Waals surface area contributed by atoms with E-state index in [1.54, 1.807) is 0 Å². The summed E-state index contributed by atoms with van der Waals surface area (Å²) in [6.45, 7) is 5.44. The van der Waals surface area contributed by atoms with Crippen LogP contribution in [-0.4, -0.2) is 43.7 Å². The number of nitrogens with one attached hydrogen (secondary N) is 1. The number of benzene rings is 1. The van der Waals surface area contributed by atoms with Crippen LogP contribution in [-0.2, 0) is 0 Å². The molecule has 1 aromatic carbocycles. The highest BCUT2D eigenvalue weighted by molar-refractivity contribution is 9.10. The summed E-state index contributed by atoms with van der Waals surface area (Å²) in [4.78, 5) is 2.53. The number of ether oxygens (including phenoxy) is 1. The van der Waals surface area contributed by atoms with Gasteiger partial charge in [0.05, 0.1) is 0 Å². The van der Waals surface area contributed by atoms with Crippen molar-refractivity contribution in [1.29, 1.82) is 0 Å². The van der Waals surface area contributed by atoms with Crippen molar-refractivity contribution in [2.75, 3.05) is 32.8 Å². The smallest absolute Gasteiger partial charge is 0.119 e. The molecule has 2 saturated heterocycles. The van der Waals surface area contributed by atoms with E-state index in [-0.39, 0.29) is 0 Å². The lowest BCUT2D eigenvalue weighted by atomic mass is 9.94.